The average Bonchev–Trinajstić information content (AvgIpc) is 2.87. The molecule has 2 aliphatic rings. The smallest absolute Gasteiger partial charge is 0.221 e. The maximum absolute atomic E-state index is 11.3. The van der Waals surface area contributed by atoms with E-state index in [1.54, 1.807) is 6.20 Å². The van der Waals surface area contributed by atoms with Crippen molar-refractivity contribution >= 4 is 11.7 Å². The molecule has 3 atom stereocenters. The number of rotatable bonds is 2. The molecule has 19 heavy (non-hydrogen) atoms. The van der Waals surface area contributed by atoms with Gasteiger partial charge in [-0.15, -0.1) is 0 Å². The molecule has 6 N–H and O–H groups in total. The van der Waals surface area contributed by atoms with Gasteiger partial charge in [0.05, 0.1) is 12.1 Å². The maximum atomic E-state index is 11.3. The number of nitrogens with two attached hydrogens (primary N) is 2. The fraction of sp³-hybridized carbons (Fsp3) is 0.500. The van der Waals surface area contributed by atoms with E-state index in [0.29, 0.717) is 6.54 Å². The lowest BCUT2D eigenvalue weighted by atomic mass is 10.1. The van der Waals surface area contributed by atoms with Crippen LogP contribution in [0.2, 0.25) is 0 Å². The van der Waals surface area contributed by atoms with Crippen molar-refractivity contribution in [1.82, 2.24) is 15.2 Å². The Morgan fingerprint density at radius 3 is 3.11 bits per heavy atom. The van der Waals surface area contributed by atoms with Crippen molar-refractivity contribution in [1.29, 1.82) is 0 Å². The first-order valence-electron chi connectivity index (χ1n) is 6.41. The topological polar surface area (TPSA) is 109 Å². The number of pyridine rings is 1. The molecule has 0 saturated carbocycles. The number of nitrogens with zero attached hydrogens (tertiary/aromatic N) is 2. The highest BCUT2D eigenvalue weighted by atomic mass is 16.1. The Bertz CT molecular complexity index is 493. The Hall–Kier alpha value is -1.70. The van der Waals surface area contributed by atoms with Crippen molar-refractivity contribution < 1.29 is 4.79 Å². The second-order valence-electron chi connectivity index (χ2n) is 5.02. The number of primary amides is 1. The van der Waals surface area contributed by atoms with E-state index >= 15 is 0 Å². The van der Waals surface area contributed by atoms with Gasteiger partial charge in [-0.05, 0) is 12.5 Å². The Balaban J connectivity index is 1.84. The molecule has 3 rings (SSSR count). The van der Waals surface area contributed by atoms with Crippen molar-refractivity contribution in [3.63, 3.8) is 0 Å². The second-order valence-corrected chi connectivity index (χ2v) is 5.02. The van der Waals surface area contributed by atoms with Crippen LogP contribution in [0, 0.1) is 5.92 Å². The predicted octanol–water partition coefficient (Wildman–Crippen LogP) is -0.855. The minimum absolute atomic E-state index is 0.0238. The number of nitrogens with one attached hydrogen (secondary N) is 2. The fourth-order valence-corrected chi connectivity index (χ4v) is 2.76. The Labute approximate surface area is 111 Å². The third kappa shape index (κ3) is 2.27. The van der Waals surface area contributed by atoms with Gasteiger partial charge in [0.25, 0.3) is 0 Å². The molecule has 0 aliphatic carbocycles. The molecule has 0 radical (unpaired) electrons. The first-order valence-corrected chi connectivity index (χ1v) is 6.41. The SMILES string of the molecule is NC(=O)C1CCN(C2NC(N)Nc3ncccc32)C1. The lowest BCUT2D eigenvalue weighted by Gasteiger charge is -2.37. The quantitative estimate of drug-likeness (QED) is 0.552. The number of fused-ring (bicyclic) bond motifs is 1. The molecule has 1 aromatic rings. The monoisotopic (exact) mass is 262 g/mol. The number of carbonyl (C=O) groups excluding carboxylic acids is 1. The molecular weight excluding hydrogens is 244 g/mol. The van der Waals surface area contributed by atoms with Gasteiger partial charge in [0, 0.05) is 24.8 Å². The van der Waals surface area contributed by atoms with Crippen LogP contribution in [-0.4, -0.2) is 35.2 Å². The predicted molar refractivity (Wildman–Crippen MR) is 70.6 cm³/mol. The Kier molecular flexibility index (Phi) is 3.09. The summed E-state index contributed by atoms with van der Waals surface area (Å²) in [5, 5.41) is 6.36. The summed E-state index contributed by atoms with van der Waals surface area (Å²) in [6.45, 7) is 1.49. The highest BCUT2D eigenvalue weighted by molar-refractivity contribution is 5.77. The van der Waals surface area contributed by atoms with E-state index in [1.165, 1.54) is 0 Å². The van der Waals surface area contributed by atoms with Gasteiger partial charge in [-0.3, -0.25) is 20.7 Å². The molecular formula is C12H18N6O. The first-order chi connectivity index (χ1) is 9.15. The van der Waals surface area contributed by atoms with Gasteiger partial charge in [-0.1, -0.05) is 6.07 Å². The van der Waals surface area contributed by atoms with Gasteiger partial charge >= 0.3 is 0 Å². The van der Waals surface area contributed by atoms with Crippen LogP contribution in [0.1, 0.15) is 18.2 Å². The van der Waals surface area contributed by atoms with E-state index in [9.17, 15) is 4.79 Å². The molecule has 1 saturated heterocycles. The van der Waals surface area contributed by atoms with Crippen LogP contribution in [0.25, 0.3) is 0 Å². The van der Waals surface area contributed by atoms with Crippen LogP contribution >= 0.6 is 0 Å². The number of likely N-dealkylation sites (tertiary alicyclic amines) is 1. The molecule has 3 heterocycles. The highest BCUT2D eigenvalue weighted by Gasteiger charge is 2.35. The molecule has 7 heteroatoms. The third-order valence-electron chi connectivity index (χ3n) is 3.75. The molecule has 0 aromatic carbocycles. The van der Waals surface area contributed by atoms with E-state index in [-0.39, 0.29) is 24.3 Å². The Morgan fingerprint density at radius 2 is 2.37 bits per heavy atom. The lowest BCUT2D eigenvalue weighted by molar-refractivity contribution is -0.121. The van der Waals surface area contributed by atoms with Gasteiger partial charge in [0.2, 0.25) is 5.91 Å². The molecule has 0 spiro atoms. The van der Waals surface area contributed by atoms with Crippen LogP contribution in [0.3, 0.4) is 0 Å². The number of hydrogen-bond donors (Lipinski definition) is 4. The van der Waals surface area contributed by atoms with Gasteiger partial charge in [-0.25, -0.2) is 4.98 Å². The summed E-state index contributed by atoms with van der Waals surface area (Å²) in [6.07, 6.45) is 2.16. The molecule has 1 amide bonds. The van der Waals surface area contributed by atoms with Gasteiger partial charge in [0.1, 0.15) is 12.1 Å². The van der Waals surface area contributed by atoms with Crippen molar-refractivity contribution in [3.05, 3.63) is 23.9 Å². The molecule has 2 aliphatic heterocycles. The van der Waals surface area contributed by atoms with Gasteiger partial charge in [0.15, 0.2) is 0 Å². The summed E-state index contributed by atoms with van der Waals surface area (Å²) < 4.78 is 0. The van der Waals surface area contributed by atoms with Gasteiger partial charge in [-0.2, -0.15) is 0 Å². The Morgan fingerprint density at radius 1 is 1.53 bits per heavy atom. The van der Waals surface area contributed by atoms with Crippen LogP contribution in [0.4, 0.5) is 5.82 Å². The van der Waals surface area contributed by atoms with Crippen LogP contribution in [-0.2, 0) is 4.79 Å². The van der Waals surface area contributed by atoms with E-state index in [2.05, 4.69) is 20.5 Å². The molecule has 102 valence electrons. The van der Waals surface area contributed by atoms with E-state index in [1.807, 2.05) is 12.1 Å². The van der Waals surface area contributed by atoms with Crippen molar-refractivity contribution in [2.45, 2.75) is 18.9 Å². The summed E-state index contributed by atoms with van der Waals surface area (Å²) in [4.78, 5) is 17.8. The second kappa shape index (κ2) is 4.76. The highest BCUT2D eigenvalue weighted by Crippen LogP contribution is 2.31. The van der Waals surface area contributed by atoms with E-state index in [4.69, 9.17) is 11.5 Å². The van der Waals surface area contributed by atoms with Crippen LogP contribution in [0.15, 0.2) is 18.3 Å². The fourth-order valence-electron chi connectivity index (χ4n) is 2.76. The molecule has 0 bridgehead atoms. The summed E-state index contributed by atoms with van der Waals surface area (Å²) in [5.74, 6) is 0.487. The van der Waals surface area contributed by atoms with Gasteiger partial charge < -0.3 is 11.1 Å². The zero-order chi connectivity index (χ0) is 13.4. The number of aromatic nitrogens is 1. The first kappa shape index (κ1) is 12.3. The van der Waals surface area contributed by atoms with Crippen molar-refractivity contribution in [2.75, 3.05) is 18.4 Å². The summed E-state index contributed by atoms with van der Waals surface area (Å²) >= 11 is 0. The minimum Gasteiger partial charge on any atom is -0.369 e. The van der Waals surface area contributed by atoms with Crippen LogP contribution < -0.4 is 22.1 Å². The lowest BCUT2D eigenvalue weighted by Crippen LogP contribution is -2.54. The van der Waals surface area contributed by atoms with E-state index in [0.717, 1.165) is 24.3 Å². The average molecular weight is 262 g/mol. The largest absolute Gasteiger partial charge is 0.369 e. The number of carbonyl (C=O) groups is 1. The van der Waals surface area contributed by atoms with Crippen LogP contribution in [0.5, 0.6) is 0 Å². The summed E-state index contributed by atoms with van der Waals surface area (Å²) in [5.41, 5.74) is 12.3. The molecule has 3 unspecified atom stereocenters. The molecule has 7 nitrogen and oxygen atoms in total. The number of anilines is 1. The standard InChI is InChI=1S/C12H18N6O/c13-9(19)7-3-5-18(6-7)11-8-2-1-4-15-10(8)16-12(14)17-11/h1-2,4,7,11-12,17H,3,5-6,14H2,(H2,13,19)(H,15,16). The van der Waals surface area contributed by atoms with E-state index < -0.39 is 0 Å². The maximum Gasteiger partial charge on any atom is 0.221 e. The van der Waals surface area contributed by atoms with Crippen molar-refractivity contribution in [3.8, 4) is 0 Å². The zero-order valence-electron chi connectivity index (χ0n) is 10.5. The van der Waals surface area contributed by atoms with Crippen molar-refractivity contribution in [2.24, 2.45) is 17.4 Å². The zero-order valence-corrected chi connectivity index (χ0v) is 10.5. The number of amides is 1. The normalized spacial score (nSPS) is 30.7. The molecule has 1 fully saturated rings. The third-order valence-corrected chi connectivity index (χ3v) is 3.75. The number of hydrogen-bond acceptors (Lipinski definition) is 6. The summed E-state index contributed by atoms with van der Waals surface area (Å²) in [6, 6.07) is 3.91. The minimum atomic E-state index is -0.347. The summed E-state index contributed by atoms with van der Waals surface area (Å²) in [7, 11) is 0. The molecule has 1 aromatic heterocycles.